The lowest BCUT2D eigenvalue weighted by Crippen LogP contribution is -2.26. The molecule has 1 fully saturated rings. The Kier molecular flexibility index (Phi) is 3.66. The molecular weight excluding hydrogens is 236 g/mol. The van der Waals surface area contributed by atoms with E-state index in [1.165, 1.54) is 24.2 Å². The van der Waals surface area contributed by atoms with Crippen LogP contribution in [0.25, 0.3) is 0 Å². The fraction of sp³-hybridized carbons (Fsp3) is 0.667. The van der Waals surface area contributed by atoms with Crippen LogP contribution in [0.5, 0.6) is 0 Å². The molecule has 0 unspecified atom stereocenters. The van der Waals surface area contributed by atoms with E-state index in [-0.39, 0.29) is 0 Å². The Morgan fingerprint density at radius 1 is 1.59 bits per heavy atom. The van der Waals surface area contributed by atoms with E-state index < -0.39 is 5.97 Å². The highest BCUT2D eigenvalue weighted by molar-refractivity contribution is 7.17. The molecule has 1 aromatic rings. The number of hydrogen-bond acceptors (Lipinski definition) is 4. The highest BCUT2D eigenvalue weighted by atomic mass is 32.1. The SMILES string of the molecule is CCCCN(c1nc(C)c(C(=O)O)s1)C1CC1. The zero-order valence-corrected chi connectivity index (χ0v) is 11.1. The second-order valence-electron chi connectivity index (χ2n) is 4.49. The van der Waals surface area contributed by atoms with Crippen molar-refractivity contribution in [3.05, 3.63) is 10.6 Å². The molecule has 0 aromatic carbocycles. The zero-order chi connectivity index (χ0) is 12.4. The van der Waals surface area contributed by atoms with Crippen LogP contribution in [0.3, 0.4) is 0 Å². The van der Waals surface area contributed by atoms with Gasteiger partial charge in [0.1, 0.15) is 4.88 Å². The Hall–Kier alpha value is -1.10. The van der Waals surface area contributed by atoms with Crippen LogP contribution < -0.4 is 4.90 Å². The number of aromatic carboxylic acids is 1. The summed E-state index contributed by atoms with van der Waals surface area (Å²) in [6.45, 7) is 4.93. The molecule has 94 valence electrons. The van der Waals surface area contributed by atoms with Gasteiger partial charge in [-0.05, 0) is 26.2 Å². The van der Waals surface area contributed by atoms with Gasteiger partial charge in [0.05, 0.1) is 5.69 Å². The average Bonchev–Trinajstić information content (AvgIpc) is 3.02. The number of thiazole rings is 1. The standard InChI is InChI=1S/C12H18N2O2S/c1-3-4-7-14(9-5-6-9)12-13-8(2)10(17-12)11(15)16/h9H,3-7H2,1-2H3,(H,15,16). The quantitative estimate of drug-likeness (QED) is 0.848. The molecule has 0 radical (unpaired) electrons. The minimum Gasteiger partial charge on any atom is -0.477 e. The highest BCUT2D eigenvalue weighted by Gasteiger charge is 2.31. The number of unbranched alkanes of at least 4 members (excludes halogenated alkanes) is 1. The molecule has 0 spiro atoms. The number of aryl methyl sites for hydroxylation is 1. The lowest BCUT2D eigenvalue weighted by atomic mass is 10.3. The third-order valence-electron chi connectivity index (χ3n) is 2.97. The summed E-state index contributed by atoms with van der Waals surface area (Å²) in [6.07, 6.45) is 4.71. The Balaban J connectivity index is 2.17. The van der Waals surface area contributed by atoms with E-state index in [4.69, 9.17) is 5.11 Å². The molecule has 0 aliphatic heterocycles. The number of carbonyl (C=O) groups is 1. The Labute approximate surface area is 105 Å². The van der Waals surface area contributed by atoms with Crippen LogP contribution in [-0.2, 0) is 0 Å². The lowest BCUT2D eigenvalue weighted by Gasteiger charge is -2.20. The summed E-state index contributed by atoms with van der Waals surface area (Å²) in [4.78, 5) is 18.1. The first kappa shape index (κ1) is 12.4. The summed E-state index contributed by atoms with van der Waals surface area (Å²) < 4.78 is 0. The molecule has 17 heavy (non-hydrogen) atoms. The maximum Gasteiger partial charge on any atom is 0.347 e. The molecule has 2 rings (SSSR count). The van der Waals surface area contributed by atoms with Gasteiger partial charge in [-0.1, -0.05) is 24.7 Å². The van der Waals surface area contributed by atoms with Crippen molar-refractivity contribution in [3.63, 3.8) is 0 Å². The van der Waals surface area contributed by atoms with Crippen LogP contribution in [0, 0.1) is 6.92 Å². The van der Waals surface area contributed by atoms with E-state index in [1.807, 2.05) is 0 Å². The van der Waals surface area contributed by atoms with Gasteiger partial charge in [-0.3, -0.25) is 0 Å². The summed E-state index contributed by atoms with van der Waals surface area (Å²) in [7, 11) is 0. The molecule has 0 amide bonds. The van der Waals surface area contributed by atoms with Crippen LogP contribution in [0.4, 0.5) is 5.13 Å². The number of carboxylic acids is 1. The molecule has 0 bridgehead atoms. The van der Waals surface area contributed by atoms with Crippen molar-refractivity contribution in [2.45, 2.75) is 45.6 Å². The number of rotatable bonds is 6. The molecule has 0 saturated heterocycles. The lowest BCUT2D eigenvalue weighted by molar-refractivity contribution is 0.0701. The van der Waals surface area contributed by atoms with Gasteiger partial charge < -0.3 is 10.0 Å². The molecule has 1 N–H and O–H groups in total. The predicted molar refractivity (Wildman–Crippen MR) is 69.1 cm³/mol. The highest BCUT2D eigenvalue weighted by Crippen LogP contribution is 2.35. The first-order chi connectivity index (χ1) is 8.13. The molecular formula is C12H18N2O2S. The third-order valence-corrected chi connectivity index (χ3v) is 4.15. The number of hydrogen-bond donors (Lipinski definition) is 1. The van der Waals surface area contributed by atoms with Gasteiger partial charge in [-0.15, -0.1) is 0 Å². The summed E-state index contributed by atoms with van der Waals surface area (Å²) >= 11 is 1.31. The van der Waals surface area contributed by atoms with Crippen LogP contribution >= 0.6 is 11.3 Å². The van der Waals surface area contributed by atoms with Gasteiger partial charge in [0, 0.05) is 12.6 Å². The van der Waals surface area contributed by atoms with Crippen molar-refractivity contribution in [2.24, 2.45) is 0 Å². The summed E-state index contributed by atoms with van der Waals surface area (Å²) in [6, 6.07) is 0.591. The molecule has 1 aliphatic rings. The minimum absolute atomic E-state index is 0.377. The van der Waals surface area contributed by atoms with Crippen LogP contribution in [0.15, 0.2) is 0 Å². The van der Waals surface area contributed by atoms with Gasteiger partial charge in [0.2, 0.25) is 0 Å². The fourth-order valence-electron chi connectivity index (χ4n) is 1.85. The van der Waals surface area contributed by atoms with Crippen molar-refractivity contribution in [3.8, 4) is 0 Å². The number of nitrogens with zero attached hydrogens (tertiary/aromatic N) is 2. The van der Waals surface area contributed by atoms with E-state index in [0.29, 0.717) is 16.6 Å². The van der Waals surface area contributed by atoms with Crippen LogP contribution in [-0.4, -0.2) is 28.6 Å². The van der Waals surface area contributed by atoms with Gasteiger partial charge >= 0.3 is 5.97 Å². The van der Waals surface area contributed by atoms with E-state index in [1.54, 1.807) is 6.92 Å². The van der Waals surface area contributed by atoms with Crippen molar-refractivity contribution in [1.29, 1.82) is 0 Å². The van der Waals surface area contributed by atoms with Crippen molar-refractivity contribution in [1.82, 2.24) is 4.98 Å². The summed E-state index contributed by atoms with van der Waals surface area (Å²) in [5.41, 5.74) is 0.639. The molecule has 0 atom stereocenters. The molecule has 4 nitrogen and oxygen atoms in total. The van der Waals surface area contributed by atoms with E-state index in [9.17, 15) is 4.79 Å². The molecule has 1 saturated carbocycles. The van der Waals surface area contributed by atoms with Crippen LogP contribution in [0.1, 0.15) is 48.0 Å². The number of anilines is 1. The Morgan fingerprint density at radius 2 is 2.29 bits per heavy atom. The van der Waals surface area contributed by atoms with Crippen molar-refractivity contribution >= 4 is 22.4 Å². The van der Waals surface area contributed by atoms with Gasteiger partial charge in [-0.2, -0.15) is 0 Å². The second-order valence-corrected chi connectivity index (χ2v) is 5.47. The molecule has 1 aliphatic carbocycles. The largest absolute Gasteiger partial charge is 0.477 e. The Morgan fingerprint density at radius 3 is 2.76 bits per heavy atom. The van der Waals surface area contributed by atoms with Crippen molar-refractivity contribution in [2.75, 3.05) is 11.4 Å². The van der Waals surface area contributed by atoms with Gasteiger partial charge in [-0.25, -0.2) is 9.78 Å². The maximum absolute atomic E-state index is 11.0. The zero-order valence-electron chi connectivity index (χ0n) is 10.3. The van der Waals surface area contributed by atoms with E-state index in [2.05, 4.69) is 16.8 Å². The monoisotopic (exact) mass is 254 g/mol. The number of aromatic nitrogens is 1. The van der Waals surface area contributed by atoms with Gasteiger partial charge in [0.15, 0.2) is 5.13 Å². The first-order valence-electron chi connectivity index (χ1n) is 6.10. The number of carboxylic acid groups (broad SMARTS) is 1. The van der Waals surface area contributed by atoms with E-state index in [0.717, 1.165) is 24.5 Å². The Bertz CT molecular complexity index is 413. The summed E-state index contributed by atoms with van der Waals surface area (Å²) in [5, 5.41) is 9.93. The normalized spacial score (nSPS) is 14.9. The summed E-state index contributed by atoms with van der Waals surface area (Å²) in [5.74, 6) is -0.863. The first-order valence-corrected chi connectivity index (χ1v) is 6.92. The maximum atomic E-state index is 11.0. The third kappa shape index (κ3) is 2.77. The predicted octanol–water partition coefficient (Wildman–Crippen LogP) is 2.92. The molecule has 5 heteroatoms. The minimum atomic E-state index is -0.863. The smallest absolute Gasteiger partial charge is 0.347 e. The molecule has 1 aromatic heterocycles. The van der Waals surface area contributed by atoms with Crippen LogP contribution in [0.2, 0.25) is 0 Å². The van der Waals surface area contributed by atoms with Crippen molar-refractivity contribution < 1.29 is 9.90 Å². The molecule has 1 heterocycles. The van der Waals surface area contributed by atoms with Gasteiger partial charge in [0.25, 0.3) is 0 Å². The average molecular weight is 254 g/mol. The topological polar surface area (TPSA) is 53.4 Å². The second kappa shape index (κ2) is 5.04. The van der Waals surface area contributed by atoms with E-state index >= 15 is 0 Å². The fourth-order valence-corrected chi connectivity index (χ4v) is 2.86.